The van der Waals surface area contributed by atoms with Gasteiger partial charge in [-0.1, -0.05) is 97.1 Å². The van der Waals surface area contributed by atoms with Crippen molar-refractivity contribution in [1.82, 2.24) is 9.13 Å². The number of hydrogen-bond donors (Lipinski definition) is 0. The van der Waals surface area contributed by atoms with Gasteiger partial charge in [0.2, 0.25) is 0 Å². The zero-order valence-electron chi connectivity index (χ0n) is 27.9. The van der Waals surface area contributed by atoms with Gasteiger partial charge in [-0.3, -0.25) is 0 Å². The molecule has 8 aromatic carbocycles. The van der Waals surface area contributed by atoms with Crippen LogP contribution in [0.4, 0.5) is 0 Å². The third-order valence-corrected chi connectivity index (χ3v) is 13.2. The van der Waals surface area contributed by atoms with Crippen LogP contribution in [0.2, 0.25) is 0 Å². The summed E-state index contributed by atoms with van der Waals surface area (Å²) in [7, 11) is 0. The van der Waals surface area contributed by atoms with Crippen LogP contribution in [0.1, 0.15) is 0 Å². The Labute approximate surface area is 306 Å². The van der Waals surface area contributed by atoms with Gasteiger partial charge in [-0.25, -0.2) is 0 Å². The third-order valence-electron chi connectivity index (χ3n) is 10.9. The molecule has 4 aromatic heterocycles. The number of rotatable bonds is 3. The van der Waals surface area contributed by atoms with Gasteiger partial charge in [0.15, 0.2) is 0 Å². The Morgan fingerprint density at radius 3 is 1.71 bits per heavy atom. The monoisotopic (exact) mass is 696 g/mol. The topological polar surface area (TPSA) is 9.86 Å². The molecule has 2 nitrogen and oxygen atoms in total. The maximum absolute atomic E-state index is 2.48. The molecular weight excluding hydrogens is 669 g/mol. The normalized spacial score (nSPS) is 12.2. The van der Waals surface area contributed by atoms with Gasteiger partial charge in [-0.05, 0) is 83.9 Å². The van der Waals surface area contributed by atoms with Crippen molar-refractivity contribution in [3.8, 4) is 22.5 Å². The van der Waals surface area contributed by atoms with Crippen molar-refractivity contribution in [1.29, 1.82) is 0 Å². The molecule has 52 heavy (non-hydrogen) atoms. The summed E-state index contributed by atoms with van der Waals surface area (Å²) in [6.07, 6.45) is 0. The molecule has 0 spiro atoms. The van der Waals surface area contributed by atoms with Crippen molar-refractivity contribution >= 4 is 107 Å². The Bertz CT molecular complexity index is 3410. The summed E-state index contributed by atoms with van der Waals surface area (Å²) in [5, 5.41) is 10.4. The van der Waals surface area contributed by atoms with Crippen LogP contribution in [-0.4, -0.2) is 9.13 Å². The Kier molecular flexibility index (Phi) is 5.84. The van der Waals surface area contributed by atoms with Crippen LogP contribution < -0.4 is 0 Å². The molecule has 0 fully saturated rings. The second kappa shape index (κ2) is 10.7. The van der Waals surface area contributed by atoms with E-state index in [1.165, 1.54) is 106 Å². The van der Waals surface area contributed by atoms with Crippen molar-refractivity contribution in [2.45, 2.75) is 0 Å². The van der Waals surface area contributed by atoms with Crippen LogP contribution in [0.25, 0.3) is 106 Å². The third kappa shape index (κ3) is 3.93. The van der Waals surface area contributed by atoms with Crippen LogP contribution in [0, 0.1) is 0 Å². The lowest BCUT2D eigenvalue weighted by Gasteiger charge is -2.11. The van der Waals surface area contributed by atoms with Gasteiger partial charge in [0.1, 0.15) is 0 Å². The van der Waals surface area contributed by atoms with E-state index in [0.29, 0.717) is 0 Å². The predicted octanol–water partition coefficient (Wildman–Crippen LogP) is 14.3. The number of aromatic nitrogens is 2. The van der Waals surface area contributed by atoms with Crippen molar-refractivity contribution in [2.75, 3.05) is 0 Å². The van der Waals surface area contributed by atoms with Crippen molar-refractivity contribution in [2.24, 2.45) is 0 Å². The molecule has 0 unspecified atom stereocenters. The van der Waals surface area contributed by atoms with E-state index < -0.39 is 0 Å². The van der Waals surface area contributed by atoms with Crippen LogP contribution >= 0.6 is 22.7 Å². The Balaban J connectivity index is 1.13. The highest BCUT2D eigenvalue weighted by Crippen LogP contribution is 2.45. The Morgan fingerprint density at radius 1 is 0.308 bits per heavy atom. The van der Waals surface area contributed by atoms with Gasteiger partial charge in [0, 0.05) is 73.3 Å². The molecule has 0 saturated carbocycles. The van der Waals surface area contributed by atoms with Gasteiger partial charge in [-0.15, -0.1) is 22.7 Å². The van der Waals surface area contributed by atoms with Crippen molar-refractivity contribution < 1.29 is 0 Å². The maximum Gasteiger partial charge on any atom is 0.0562 e. The van der Waals surface area contributed by atoms with E-state index in [0.717, 1.165) is 0 Å². The van der Waals surface area contributed by atoms with Crippen LogP contribution in [0.5, 0.6) is 0 Å². The number of hydrogen-bond acceptors (Lipinski definition) is 2. The molecule has 4 heteroatoms. The fourth-order valence-corrected chi connectivity index (χ4v) is 10.9. The summed E-state index contributed by atoms with van der Waals surface area (Å²) in [5.74, 6) is 0. The standard InChI is InChI=1S/C48H28N2S2/c1-2-11-30(12-3-1)49-40-17-7-4-13-33(40)37-27-38-34-14-5-8-18-41(34)50(43(38)28-42(37)49)31-22-24-45-39(26-31)48-32(16-10-20-46(48)51-45)29-21-23-36-35-15-6-9-19-44(35)52-47(36)25-29/h1-28H. The summed E-state index contributed by atoms with van der Waals surface area (Å²) < 4.78 is 10.2. The first-order valence-corrected chi connectivity index (χ1v) is 19.3. The fourth-order valence-electron chi connectivity index (χ4n) is 8.65. The molecule has 0 saturated heterocycles. The Hall–Kier alpha value is -6.20. The molecule has 0 bridgehead atoms. The van der Waals surface area contributed by atoms with Crippen LogP contribution in [0.15, 0.2) is 170 Å². The summed E-state index contributed by atoms with van der Waals surface area (Å²) >= 11 is 3.77. The van der Waals surface area contributed by atoms with E-state index in [-0.39, 0.29) is 0 Å². The predicted molar refractivity (Wildman–Crippen MR) is 226 cm³/mol. The molecule has 0 aliphatic rings. The van der Waals surface area contributed by atoms with Gasteiger partial charge in [0.25, 0.3) is 0 Å². The highest BCUT2D eigenvalue weighted by molar-refractivity contribution is 7.26. The number of para-hydroxylation sites is 3. The summed E-state index contributed by atoms with van der Waals surface area (Å²) in [4.78, 5) is 0. The van der Waals surface area contributed by atoms with Gasteiger partial charge < -0.3 is 9.13 Å². The molecular formula is C48H28N2S2. The first-order chi connectivity index (χ1) is 25.8. The second-order valence-corrected chi connectivity index (χ2v) is 15.9. The smallest absolute Gasteiger partial charge is 0.0562 e. The summed E-state index contributed by atoms with van der Waals surface area (Å²) in [5.41, 5.74) is 9.76. The van der Waals surface area contributed by atoms with E-state index in [9.17, 15) is 0 Å². The zero-order chi connectivity index (χ0) is 33.9. The van der Waals surface area contributed by atoms with Crippen LogP contribution in [-0.2, 0) is 0 Å². The highest BCUT2D eigenvalue weighted by atomic mass is 32.1. The molecule has 12 aromatic rings. The van der Waals surface area contributed by atoms with Gasteiger partial charge in [0.05, 0.1) is 22.1 Å². The van der Waals surface area contributed by atoms with E-state index in [2.05, 4.69) is 179 Å². The number of nitrogens with zero attached hydrogens (tertiary/aromatic N) is 2. The summed E-state index contributed by atoms with van der Waals surface area (Å²) in [6.45, 7) is 0. The first-order valence-electron chi connectivity index (χ1n) is 17.7. The molecule has 0 aliphatic carbocycles. The molecule has 4 heterocycles. The number of thiophene rings is 2. The minimum atomic E-state index is 1.17. The van der Waals surface area contributed by atoms with Crippen LogP contribution in [0.3, 0.4) is 0 Å². The van der Waals surface area contributed by atoms with Gasteiger partial charge >= 0.3 is 0 Å². The van der Waals surface area contributed by atoms with E-state index >= 15 is 0 Å². The average Bonchev–Trinajstić information content (AvgIpc) is 3.94. The van der Waals surface area contributed by atoms with Gasteiger partial charge in [-0.2, -0.15) is 0 Å². The van der Waals surface area contributed by atoms with E-state index in [4.69, 9.17) is 0 Å². The molecule has 12 rings (SSSR count). The lowest BCUT2D eigenvalue weighted by molar-refractivity contribution is 1.17. The maximum atomic E-state index is 2.48. The molecule has 0 radical (unpaired) electrons. The fraction of sp³-hybridized carbons (Fsp3) is 0. The highest BCUT2D eigenvalue weighted by Gasteiger charge is 2.20. The number of fused-ring (bicyclic) bond motifs is 12. The minimum Gasteiger partial charge on any atom is -0.309 e. The quantitative estimate of drug-likeness (QED) is 0.174. The SMILES string of the molecule is c1ccc(-n2c3ccccc3c3cc4c5ccccc5n(-c5ccc6sc7cccc(-c8ccc9c(c8)sc8ccccc89)c7c6c5)c4cc32)cc1. The second-order valence-electron chi connectivity index (χ2n) is 13.7. The Morgan fingerprint density at radius 2 is 0.923 bits per heavy atom. The van der Waals surface area contributed by atoms with E-state index in [1.54, 1.807) is 0 Å². The molecule has 0 atom stereocenters. The van der Waals surface area contributed by atoms with Crippen molar-refractivity contribution in [3.05, 3.63) is 170 Å². The zero-order valence-corrected chi connectivity index (χ0v) is 29.5. The molecule has 242 valence electrons. The summed E-state index contributed by atoms with van der Waals surface area (Å²) in [6, 6.07) is 62.9. The lowest BCUT2D eigenvalue weighted by atomic mass is 9.98. The molecule has 0 amide bonds. The minimum absolute atomic E-state index is 1.17. The number of benzene rings is 8. The van der Waals surface area contributed by atoms with E-state index in [1.807, 2.05) is 22.7 Å². The first kappa shape index (κ1) is 28.5. The molecule has 0 N–H and O–H groups in total. The lowest BCUT2D eigenvalue weighted by Crippen LogP contribution is -1.95. The molecule has 0 aliphatic heterocycles. The van der Waals surface area contributed by atoms with Crippen molar-refractivity contribution in [3.63, 3.8) is 0 Å². The largest absolute Gasteiger partial charge is 0.309 e. The average molecular weight is 697 g/mol.